The van der Waals surface area contributed by atoms with E-state index in [1.54, 1.807) is 78.6 Å². The van der Waals surface area contributed by atoms with Gasteiger partial charge in [-0.2, -0.15) is 0 Å². The lowest BCUT2D eigenvalue weighted by atomic mass is 9.86. The Hall–Kier alpha value is -10.6. The zero-order valence-electron chi connectivity index (χ0n) is 49.7. The number of pyridine rings is 3. The number of halogens is 7. The van der Waals surface area contributed by atoms with Crippen molar-refractivity contribution in [2.24, 2.45) is 0 Å². The van der Waals surface area contributed by atoms with Crippen LogP contribution in [0.5, 0.6) is 28.7 Å². The van der Waals surface area contributed by atoms with E-state index in [-0.39, 0.29) is 29.6 Å². The van der Waals surface area contributed by atoms with Gasteiger partial charge in [-0.1, -0.05) is 32.9 Å². The summed E-state index contributed by atoms with van der Waals surface area (Å²) < 4.78 is 119. The molecule has 0 spiro atoms. The van der Waals surface area contributed by atoms with Crippen molar-refractivity contribution in [1.29, 1.82) is 0 Å². The second kappa shape index (κ2) is 28.2. The number of ether oxygens (including phenoxy) is 5. The fourth-order valence-electron chi connectivity index (χ4n) is 10.1. The number of hydrogen-bond donors (Lipinski definition) is 0. The number of rotatable bonds is 5. The van der Waals surface area contributed by atoms with Gasteiger partial charge in [0.05, 0.1) is 25.0 Å². The largest absolute Gasteiger partial charge is 0.473 e. The summed E-state index contributed by atoms with van der Waals surface area (Å²) in [6.07, 6.45) is 11.8. The van der Waals surface area contributed by atoms with Gasteiger partial charge in [0.15, 0.2) is 56.9 Å². The van der Waals surface area contributed by atoms with Crippen LogP contribution in [0.4, 0.5) is 59.6 Å². The van der Waals surface area contributed by atoms with E-state index in [4.69, 9.17) is 23.7 Å². The molecule has 466 valence electrons. The van der Waals surface area contributed by atoms with Gasteiger partial charge in [-0.05, 0) is 138 Å². The second-order valence-electron chi connectivity index (χ2n) is 22.3. The Balaban J connectivity index is 0.000000117. The molecule has 5 aliphatic heterocycles. The molecule has 10 aromatic rings. The number of nitrogens with zero attached hydrogens (tertiary/aromatic N) is 10. The predicted molar refractivity (Wildman–Crippen MR) is 330 cm³/mol. The molecular weight excluding hydrogens is 1180 g/mol. The van der Waals surface area contributed by atoms with Crippen molar-refractivity contribution in [3.8, 4) is 28.7 Å². The van der Waals surface area contributed by atoms with Crippen molar-refractivity contribution >= 4 is 28.8 Å². The summed E-state index contributed by atoms with van der Waals surface area (Å²) in [5.74, 6) is 0.330. The summed E-state index contributed by atoms with van der Waals surface area (Å²) in [4.78, 5) is 30.1. The predicted octanol–water partition coefficient (Wildman–Crippen LogP) is 14.5. The van der Waals surface area contributed by atoms with E-state index in [9.17, 15) is 30.7 Å². The topological polar surface area (TPSA) is 127 Å². The highest BCUT2D eigenvalue weighted by Crippen LogP contribution is 2.35. The number of anilines is 5. The molecule has 0 saturated heterocycles. The molecule has 15 rings (SSSR count). The summed E-state index contributed by atoms with van der Waals surface area (Å²) >= 11 is 0. The van der Waals surface area contributed by atoms with Crippen molar-refractivity contribution in [2.75, 3.05) is 58.2 Å². The molecule has 0 fully saturated rings. The summed E-state index contributed by atoms with van der Waals surface area (Å²) in [5.41, 5.74) is 8.40. The Bertz CT molecular complexity index is 3870. The van der Waals surface area contributed by atoms with Crippen molar-refractivity contribution in [1.82, 2.24) is 24.9 Å². The van der Waals surface area contributed by atoms with Crippen LogP contribution in [0.1, 0.15) is 54.2 Å². The minimum Gasteiger partial charge on any atom is -0.473 e. The van der Waals surface area contributed by atoms with Crippen molar-refractivity contribution in [2.45, 2.75) is 58.9 Å². The quantitative estimate of drug-likeness (QED) is 0.152. The van der Waals surface area contributed by atoms with Gasteiger partial charge in [0.2, 0.25) is 5.95 Å². The minimum atomic E-state index is -0.904. The molecule has 22 heteroatoms. The molecule has 0 saturated carbocycles. The summed E-state index contributed by atoms with van der Waals surface area (Å²) in [7, 11) is 0. The molecule has 6 aromatic carbocycles. The third kappa shape index (κ3) is 15.8. The maximum absolute atomic E-state index is 13.2. The average molecular weight is 1240 g/mol. The first-order chi connectivity index (χ1) is 44.1. The molecule has 0 bridgehead atoms. The first-order valence-electron chi connectivity index (χ1n) is 28.9. The van der Waals surface area contributed by atoms with E-state index < -0.39 is 23.3 Å². The van der Waals surface area contributed by atoms with Gasteiger partial charge < -0.3 is 48.2 Å². The van der Waals surface area contributed by atoms with Crippen LogP contribution in [0.3, 0.4) is 0 Å². The van der Waals surface area contributed by atoms with E-state index in [1.807, 2.05) is 57.2 Å². The van der Waals surface area contributed by atoms with Crippen LogP contribution in [0.2, 0.25) is 0 Å². The number of fused-ring (bicyclic) bond motifs is 5. The molecule has 9 heterocycles. The van der Waals surface area contributed by atoms with Crippen LogP contribution in [-0.2, 0) is 38.1 Å². The van der Waals surface area contributed by atoms with E-state index in [1.165, 1.54) is 53.6 Å². The SMILES string of the molecule is CC(C)(C)c1ccc2c(c1)CN(c1ccc(F)cc1)CO2.Fc1cc2c(cc1F)OCN(c1ccncc1)C2.Fc1cc2c(cc1F)OCN(c1ncccn1)C2.Fc1ccc2c(c1)CN(c1ccccn1)CO2.Fc1ccc2c(c1)CN(c1cccnc1)CO2. The van der Waals surface area contributed by atoms with Crippen LogP contribution >= 0.6 is 0 Å². The minimum absolute atomic E-state index is 0.118. The van der Waals surface area contributed by atoms with E-state index in [0.29, 0.717) is 81.7 Å². The summed E-state index contributed by atoms with van der Waals surface area (Å²) in [5, 5.41) is 0. The molecule has 5 aliphatic rings. The van der Waals surface area contributed by atoms with Crippen LogP contribution in [0.25, 0.3) is 0 Å². The Morgan fingerprint density at radius 2 is 0.791 bits per heavy atom. The Kier molecular flexibility index (Phi) is 19.2. The molecule has 0 atom stereocenters. The molecule has 4 aromatic heterocycles. The van der Waals surface area contributed by atoms with Crippen LogP contribution in [0.15, 0.2) is 195 Å². The molecule has 0 N–H and O–H groups in total. The highest BCUT2D eigenvalue weighted by Gasteiger charge is 2.26. The van der Waals surface area contributed by atoms with E-state index in [0.717, 1.165) is 76.0 Å². The van der Waals surface area contributed by atoms with Crippen LogP contribution in [-0.4, -0.2) is 58.6 Å². The lowest BCUT2D eigenvalue weighted by Gasteiger charge is -2.32. The fraction of sp³-hybridized carbons (Fsp3) is 0.203. The van der Waals surface area contributed by atoms with E-state index >= 15 is 0 Å². The van der Waals surface area contributed by atoms with Gasteiger partial charge in [-0.3, -0.25) is 9.97 Å². The molecule has 91 heavy (non-hydrogen) atoms. The number of benzene rings is 6. The molecular formula is C69H61F7N10O5. The monoisotopic (exact) mass is 1240 g/mol. The van der Waals surface area contributed by atoms with Gasteiger partial charge >= 0.3 is 0 Å². The smallest absolute Gasteiger partial charge is 0.228 e. The molecule has 0 radical (unpaired) electrons. The highest BCUT2D eigenvalue weighted by molar-refractivity contribution is 5.53. The standard InChI is InChI=1S/C18H20FNO.C13H10F2N2O.2C13H11FN2O.C12H9F2N3O/c1-18(2,3)14-4-9-17-13(10-14)11-20(12-21-17)16-7-5-15(19)6-8-16;14-11-5-9-7-17(10-1-3-16-4-2-10)8-18-13(9)6-12(11)15;14-11-3-4-13-10(6-11)8-16(9-17-13)12-2-1-5-15-7-12;14-11-4-5-12-10(7-11)8-16(9-17-12)13-3-1-2-6-15-13;13-9-4-8-6-17(12-15-2-1-3-16-12)7-18-11(8)5-10(9)14/h4-10H,11-12H2,1-3H3;1-6H,7-8H2;2*1-7H,8-9H2;1-5H,6-7H2. The van der Waals surface area contributed by atoms with Crippen molar-refractivity contribution in [3.05, 3.63) is 269 Å². The normalized spacial score (nSPS) is 14.2. The maximum atomic E-state index is 13.2. The molecule has 0 unspecified atom stereocenters. The first kappa shape index (κ1) is 62.0. The van der Waals surface area contributed by atoms with Gasteiger partial charge in [-0.15, -0.1) is 0 Å². The van der Waals surface area contributed by atoms with Gasteiger partial charge in [0.1, 0.15) is 52.0 Å². The Morgan fingerprint density at radius 1 is 0.341 bits per heavy atom. The van der Waals surface area contributed by atoms with Crippen molar-refractivity contribution < 1.29 is 54.4 Å². The van der Waals surface area contributed by atoms with Crippen molar-refractivity contribution in [3.63, 3.8) is 0 Å². The third-order valence-corrected chi connectivity index (χ3v) is 14.9. The van der Waals surface area contributed by atoms with E-state index in [2.05, 4.69) is 68.8 Å². The van der Waals surface area contributed by atoms with Crippen LogP contribution < -0.4 is 48.2 Å². The third-order valence-electron chi connectivity index (χ3n) is 14.9. The number of hydrogen-bond acceptors (Lipinski definition) is 15. The lowest BCUT2D eigenvalue weighted by Crippen LogP contribution is -2.33. The summed E-state index contributed by atoms with van der Waals surface area (Å²) in [6, 6.07) is 41.5. The lowest BCUT2D eigenvalue weighted by molar-refractivity contribution is 0.283. The fourth-order valence-corrected chi connectivity index (χ4v) is 10.1. The number of aromatic nitrogens is 5. The zero-order chi connectivity index (χ0) is 63.4. The van der Waals surface area contributed by atoms with Gasteiger partial charge in [0.25, 0.3) is 0 Å². The second-order valence-corrected chi connectivity index (χ2v) is 22.3. The van der Waals surface area contributed by atoms with Gasteiger partial charge in [-0.25, -0.2) is 45.7 Å². The zero-order valence-corrected chi connectivity index (χ0v) is 49.7. The van der Waals surface area contributed by atoms with Gasteiger partial charge in [0, 0.05) is 108 Å². The molecule has 0 aliphatic carbocycles. The summed E-state index contributed by atoms with van der Waals surface area (Å²) in [6.45, 7) is 11.4. The highest BCUT2D eigenvalue weighted by atomic mass is 19.2. The average Bonchev–Trinajstić information content (AvgIpc) is 1.47. The van der Waals surface area contributed by atoms with Crippen LogP contribution in [0, 0.1) is 40.7 Å². The first-order valence-corrected chi connectivity index (χ1v) is 28.9. The Labute approximate surface area is 521 Å². The Morgan fingerprint density at radius 3 is 1.33 bits per heavy atom. The maximum Gasteiger partial charge on any atom is 0.228 e. The molecule has 15 nitrogen and oxygen atoms in total. The molecule has 0 amide bonds.